The van der Waals surface area contributed by atoms with Gasteiger partial charge in [-0.15, -0.1) is 0 Å². The molecule has 1 N–H and O–H groups in total. The third-order valence-corrected chi connectivity index (χ3v) is 4.70. The van der Waals surface area contributed by atoms with Gasteiger partial charge in [0, 0.05) is 32.3 Å². The number of rotatable bonds is 4. The van der Waals surface area contributed by atoms with E-state index < -0.39 is 0 Å². The first-order valence-corrected chi connectivity index (χ1v) is 8.52. The molecule has 3 heterocycles. The lowest BCUT2D eigenvalue weighted by atomic mass is 9.90. The van der Waals surface area contributed by atoms with Crippen molar-refractivity contribution in [3.05, 3.63) is 40.9 Å². The molecule has 1 unspecified atom stereocenters. The van der Waals surface area contributed by atoms with Crippen molar-refractivity contribution in [1.82, 2.24) is 15.0 Å². The van der Waals surface area contributed by atoms with Crippen LogP contribution in [0.25, 0.3) is 0 Å². The van der Waals surface area contributed by atoms with Crippen molar-refractivity contribution in [3.8, 4) is 0 Å². The zero-order valence-corrected chi connectivity index (χ0v) is 14.5. The Morgan fingerprint density at radius 3 is 3.08 bits per heavy atom. The number of aromatic nitrogens is 2. The predicted molar refractivity (Wildman–Crippen MR) is 92.3 cm³/mol. The molecule has 0 aromatic carbocycles. The fourth-order valence-corrected chi connectivity index (χ4v) is 3.36. The molecule has 0 saturated carbocycles. The van der Waals surface area contributed by atoms with Gasteiger partial charge in [0.2, 0.25) is 0 Å². The Labute approximate surface area is 142 Å². The zero-order valence-electron chi connectivity index (χ0n) is 14.5. The predicted octanol–water partition coefficient (Wildman–Crippen LogP) is 3.00. The Hall–Kier alpha value is -2.37. The van der Waals surface area contributed by atoms with Crippen LogP contribution in [-0.2, 0) is 6.42 Å². The molecular weight excluding hydrogens is 304 g/mol. The SMILES string of the molecule is CCc1noc(C)c1C(=O)N1CCCC(c2ccnc(NC)c2)C1. The van der Waals surface area contributed by atoms with Crippen molar-refractivity contribution in [2.75, 3.05) is 25.5 Å². The topological polar surface area (TPSA) is 71.3 Å². The molecule has 0 spiro atoms. The standard InChI is InChI=1S/C18H24N4O2/c1-4-15-17(12(2)24-21-15)18(23)22-9-5-6-14(11-22)13-7-8-20-16(10-13)19-3/h7-8,10,14H,4-6,9,11H2,1-3H3,(H,19,20). The van der Waals surface area contributed by atoms with Crippen LogP contribution in [0.4, 0.5) is 5.82 Å². The molecule has 1 atom stereocenters. The second-order valence-electron chi connectivity index (χ2n) is 6.23. The summed E-state index contributed by atoms with van der Waals surface area (Å²) in [6.45, 7) is 5.30. The first kappa shape index (κ1) is 16.5. The van der Waals surface area contributed by atoms with Gasteiger partial charge in [0.05, 0.1) is 5.69 Å². The summed E-state index contributed by atoms with van der Waals surface area (Å²) >= 11 is 0. The van der Waals surface area contributed by atoms with Crippen molar-refractivity contribution in [3.63, 3.8) is 0 Å². The van der Waals surface area contributed by atoms with Crippen LogP contribution in [-0.4, -0.2) is 41.1 Å². The molecule has 0 aliphatic carbocycles. The van der Waals surface area contributed by atoms with Gasteiger partial charge in [-0.2, -0.15) is 0 Å². The molecule has 3 rings (SSSR count). The lowest BCUT2D eigenvalue weighted by Crippen LogP contribution is -2.39. The number of amides is 1. The van der Waals surface area contributed by atoms with Gasteiger partial charge in [-0.3, -0.25) is 4.79 Å². The van der Waals surface area contributed by atoms with Crippen molar-refractivity contribution < 1.29 is 9.32 Å². The summed E-state index contributed by atoms with van der Waals surface area (Å²) in [6.07, 6.45) is 4.60. The molecule has 24 heavy (non-hydrogen) atoms. The molecule has 6 nitrogen and oxygen atoms in total. The minimum Gasteiger partial charge on any atom is -0.373 e. The van der Waals surface area contributed by atoms with Gasteiger partial charge in [-0.1, -0.05) is 12.1 Å². The Kier molecular flexibility index (Phi) is 4.83. The van der Waals surface area contributed by atoms with Crippen LogP contribution in [0.2, 0.25) is 0 Å². The second kappa shape index (κ2) is 7.03. The first-order chi connectivity index (χ1) is 11.6. The largest absolute Gasteiger partial charge is 0.373 e. The molecule has 1 aliphatic rings. The van der Waals surface area contributed by atoms with E-state index in [4.69, 9.17) is 4.52 Å². The quantitative estimate of drug-likeness (QED) is 0.934. The number of hydrogen-bond donors (Lipinski definition) is 1. The van der Waals surface area contributed by atoms with Crippen molar-refractivity contribution in [2.24, 2.45) is 0 Å². The van der Waals surface area contributed by atoms with Gasteiger partial charge in [-0.05, 0) is 43.9 Å². The number of nitrogens with one attached hydrogen (secondary N) is 1. The molecule has 1 saturated heterocycles. The minimum atomic E-state index is 0.0400. The van der Waals surface area contributed by atoms with E-state index in [9.17, 15) is 4.79 Å². The molecule has 2 aromatic heterocycles. The van der Waals surface area contributed by atoms with Crippen LogP contribution in [0.3, 0.4) is 0 Å². The summed E-state index contributed by atoms with van der Waals surface area (Å²) in [4.78, 5) is 19.2. The van der Waals surface area contributed by atoms with Gasteiger partial charge < -0.3 is 14.7 Å². The molecule has 1 fully saturated rings. The van der Waals surface area contributed by atoms with E-state index in [2.05, 4.69) is 21.5 Å². The molecule has 0 radical (unpaired) electrons. The van der Waals surface area contributed by atoms with E-state index in [-0.39, 0.29) is 5.91 Å². The lowest BCUT2D eigenvalue weighted by molar-refractivity contribution is 0.0704. The highest BCUT2D eigenvalue weighted by molar-refractivity contribution is 5.96. The van der Waals surface area contributed by atoms with Crippen LogP contribution in [0.15, 0.2) is 22.9 Å². The van der Waals surface area contributed by atoms with Gasteiger partial charge >= 0.3 is 0 Å². The van der Waals surface area contributed by atoms with Crippen molar-refractivity contribution in [1.29, 1.82) is 0 Å². The van der Waals surface area contributed by atoms with Crippen molar-refractivity contribution >= 4 is 11.7 Å². The average molecular weight is 328 g/mol. The van der Waals surface area contributed by atoms with Gasteiger partial charge in [-0.25, -0.2) is 4.98 Å². The number of hydrogen-bond acceptors (Lipinski definition) is 5. The van der Waals surface area contributed by atoms with E-state index in [1.807, 2.05) is 38.1 Å². The third kappa shape index (κ3) is 3.13. The first-order valence-electron chi connectivity index (χ1n) is 8.52. The number of carbonyl (C=O) groups excluding carboxylic acids is 1. The highest BCUT2D eigenvalue weighted by Crippen LogP contribution is 2.29. The van der Waals surface area contributed by atoms with Crippen molar-refractivity contribution in [2.45, 2.75) is 39.0 Å². The minimum absolute atomic E-state index is 0.0400. The summed E-state index contributed by atoms with van der Waals surface area (Å²) < 4.78 is 5.23. The summed E-state index contributed by atoms with van der Waals surface area (Å²) in [6, 6.07) is 4.11. The number of aryl methyl sites for hydroxylation is 2. The smallest absolute Gasteiger partial charge is 0.259 e. The molecule has 0 bridgehead atoms. The van der Waals surface area contributed by atoms with Gasteiger partial charge in [0.25, 0.3) is 5.91 Å². The van der Waals surface area contributed by atoms with E-state index in [1.165, 1.54) is 5.56 Å². The third-order valence-electron chi connectivity index (χ3n) is 4.70. The monoisotopic (exact) mass is 328 g/mol. The average Bonchev–Trinajstić information content (AvgIpc) is 3.02. The maximum Gasteiger partial charge on any atom is 0.259 e. The summed E-state index contributed by atoms with van der Waals surface area (Å²) in [5.41, 5.74) is 2.62. The zero-order chi connectivity index (χ0) is 17.1. The summed E-state index contributed by atoms with van der Waals surface area (Å²) in [5.74, 6) is 1.85. The number of anilines is 1. The molecule has 6 heteroatoms. The molecular formula is C18H24N4O2. The number of piperidine rings is 1. The number of pyridine rings is 1. The summed E-state index contributed by atoms with van der Waals surface area (Å²) in [5, 5.41) is 7.08. The maximum absolute atomic E-state index is 13.0. The van der Waals surface area contributed by atoms with Crippen LogP contribution in [0, 0.1) is 6.92 Å². The molecule has 2 aromatic rings. The highest BCUT2D eigenvalue weighted by atomic mass is 16.5. The Balaban J connectivity index is 1.80. The highest BCUT2D eigenvalue weighted by Gasteiger charge is 2.29. The van der Waals surface area contributed by atoms with Crippen LogP contribution < -0.4 is 5.32 Å². The Morgan fingerprint density at radius 2 is 2.33 bits per heavy atom. The van der Waals surface area contributed by atoms with Crippen LogP contribution in [0.1, 0.15) is 53.1 Å². The van der Waals surface area contributed by atoms with E-state index >= 15 is 0 Å². The van der Waals surface area contributed by atoms with Gasteiger partial charge in [0.1, 0.15) is 17.1 Å². The summed E-state index contributed by atoms with van der Waals surface area (Å²) in [7, 11) is 1.86. The molecule has 1 aliphatic heterocycles. The van der Waals surface area contributed by atoms with E-state index in [0.717, 1.165) is 37.4 Å². The number of nitrogens with zero attached hydrogens (tertiary/aromatic N) is 3. The molecule has 128 valence electrons. The maximum atomic E-state index is 13.0. The van der Waals surface area contributed by atoms with E-state index in [1.54, 1.807) is 0 Å². The Bertz CT molecular complexity index is 726. The second-order valence-corrected chi connectivity index (χ2v) is 6.23. The van der Waals surface area contributed by atoms with Crippen LogP contribution in [0.5, 0.6) is 0 Å². The molecule has 1 amide bonds. The number of carbonyl (C=O) groups is 1. The lowest BCUT2D eigenvalue weighted by Gasteiger charge is -2.33. The normalized spacial score (nSPS) is 17.8. The Morgan fingerprint density at radius 1 is 1.50 bits per heavy atom. The van der Waals surface area contributed by atoms with E-state index in [0.29, 0.717) is 23.7 Å². The fraction of sp³-hybridized carbons (Fsp3) is 0.500. The number of likely N-dealkylation sites (tertiary alicyclic amines) is 1. The van der Waals surface area contributed by atoms with Gasteiger partial charge in [0.15, 0.2) is 0 Å². The van der Waals surface area contributed by atoms with Crippen LogP contribution >= 0.6 is 0 Å². The fourth-order valence-electron chi connectivity index (χ4n) is 3.36.